The first kappa shape index (κ1) is 13.1. The summed E-state index contributed by atoms with van der Waals surface area (Å²) in [6, 6.07) is 9.53. The van der Waals surface area contributed by atoms with Crippen molar-refractivity contribution in [2.75, 3.05) is 13.1 Å². The van der Waals surface area contributed by atoms with Crippen molar-refractivity contribution in [3.05, 3.63) is 35.9 Å². The summed E-state index contributed by atoms with van der Waals surface area (Å²) in [4.78, 5) is 13.8. The molecule has 1 aliphatic heterocycles. The van der Waals surface area contributed by atoms with Gasteiger partial charge in [-0.3, -0.25) is 4.90 Å². The minimum atomic E-state index is -0.883. The second kappa shape index (κ2) is 5.11. The number of nitrogens with zero attached hydrogens (tertiary/aromatic N) is 1. The molecular formula is C15H21NO2. The van der Waals surface area contributed by atoms with Crippen LogP contribution in [0.3, 0.4) is 0 Å². The highest BCUT2D eigenvalue weighted by atomic mass is 16.4. The van der Waals surface area contributed by atoms with E-state index in [-0.39, 0.29) is 0 Å². The SMILES string of the molecule is CCCC1CN(C(C)(C(=O)O)c2ccccc2)C1. The number of hydrogen-bond donors (Lipinski definition) is 1. The molecule has 0 radical (unpaired) electrons. The molecule has 1 fully saturated rings. The van der Waals surface area contributed by atoms with E-state index in [0.717, 1.165) is 18.7 Å². The van der Waals surface area contributed by atoms with Gasteiger partial charge in [0, 0.05) is 13.1 Å². The first-order valence-corrected chi connectivity index (χ1v) is 6.63. The Labute approximate surface area is 108 Å². The predicted molar refractivity (Wildman–Crippen MR) is 71.4 cm³/mol. The number of carboxylic acids is 1. The third-order valence-corrected chi connectivity index (χ3v) is 4.04. The number of aliphatic carboxylic acids is 1. The van der Waals surface area contributed by atoms with Crippen molar-refractivity contribution in [1.82, 2.24) is 4.90 Å². The molecule has 98 valence electrons. The van der Waals surface area contributed by atoms with Crippen LogP contribution in [0.1, 0.15) is 32.3 Å². The third kappa shape index (κ3) is 2.15. The van der Waals surface area contributed by atoms with Crippen LogP contribution in [0.15, 0.2) is 30.3 Å². The normalized spacial score (nSPS) is 20.1. The van der Waals surface area contributed by atoms with Crippen molar-refractivity contribution in [1.29, 1.82) is 0 Å². The molecule has 1 atom stereocenters. The van der Waals surface area contributed by atoms with Crippen LogP contribution in [-0.2, 0) is 10.3 Å². The lowest BCUT2D eigenvalue weighted by atomic mass is 9.83. The molecule has 18 heavy (non-hydrogen) atoms. The van der Waals surface area contributed by atoms with Crippen LogP contribution in [0.4, 0.5) is 0 Å². The van der Waals surface area contributed by atoms with Gasteiger partial charge in [0.2, 0.25) is 0 Å². The Morgan fingerprint density at radius 3 is 2.50 bits per heavy atom. The Morgan fingerprint density at radius 1 is 1.39 bits per heavy atom. The summed E-state index contributed by atoms with van der Waals surface area (Å²) in [6.07, 6.45) is 2.37. The maximum Gasteiger partial charge on any atom is 0.328 e. The molecule has 1 saturated heterocycles. The van der Waals surface area contributed by atoms with E-state index in [4.69, 9.17) is 0 Å². The van der Waals surface area contributed by atoms with E-state index >= 15 is 0 Å². The van der Waals surface area contributed by atoms with E-state index in [9.17, 15) is 9.90 Å². The fourth-order valence-electron chi connectivity index (χ4n) is 2.73. The van der Waals surface area contributed by atoms with Crippen LogP contribution in [-0.4, -0.2) is 29.1 Å². The fourth-order valence-corrected chi connectivity index (χ4v) is 2.73. The van der Waals surface area contributed by atoms with E-state index in [1.54, 1.807) is 0 Å². The van der Waals surface area contributed by atoms with Crippen LogP contribution in [0.5, 0.6) is 0 Å². The molecule has 1 aromatic rings. The lowest BCUT2D eigenvalue weighted by Gasteiger charge is -2.48. The van der Waals surface area contributed by atoms with Gasteiger partial charge in [-0.05, 0) is 24.8 Å². The smallest absolute Gasteiger partial charge is 0.328 e. The largest absolute Gasteiger partial charge is 0.480 e. The zero-order valence-electron chi connectivity index (χ0n) is 11.1. The standard InChI is InChI=1S/C15H21NO2/c1-3-7-12-10-16(11-12)15(2,14(17)18)13-8-5-4-6-9-13/h4-6,8-9,12H,3,7,10-11H2,1-2H3,(H,17,18). The topological polar surface area (TPSA) is 40.5 Å². The quantitative estimate of drug-likeness (QED) is 0.869. The van der Waals surface area contributed by atoms with Gasteiger partial charge in [-0.2, -0.15) is 0 Å². The minimum Gasteiger partial charge on any atom is -0.480 e. The summed E-state index contributed by atoms with van der Waals surface area (Å²) in [5.41, 5.74) is -0.0154. The van der Waals surface area contributed by atoms with Gasteiger partial charge in [-0.15, -0.1) is 0 Å². The highest BCUT2D eigenvalue weighted by molar-refractivity contribution is 5.80. The predicted octanol–water partition coefficient (Wildman–Crippen LogP) is 2.72. The van der Waals surface area contributed by atoms with Crippen LogP contribution in [0.25, 0.3) is 0 Å². The van der Waals surface area contributed by atoms with E-state index in [2.05, 4.69) is 11.8 Å². The maximum atomic E-state index is 11.7. The van der Waals surface area contributed by atoms with Gasteiger partial charge >= 0.3 is 5.97 Å². The molecule has 0 saturated carbocycles. The molecule has 2 rings (SSSR count). The number of benzene rings is 1. The third-order valence-electron chi connectivity index (χ3n) is 4.04. The maximum absolute atomic E-state index is 11.7. The molecule has 1 unspecified atom stereocenters. The highest BCUT2D eigenvalue weighted by Gasteiger charge is 2.46. The Morgan fingerprint density at radius 2 is 2.00 bits per heavy atom. The monoisotopic (exact) mass is 247 g/mol. The van der Waals surface area contributed by atoms with Crippen LogP contribution in [0, 0.1) is 5.92 Å². The van der Waals surface area contributed by atoms with Gasteiger partial charge in [0.25, 0.3) is 0 Å². The number of carbonyl (C=O) groups is 1. The van der Waals surface area contributed by atoms with Crippen molar-refractivity contribution in [2.24, 2.45) is 5.92 Å². The first-order chi connectivity index (χ1) is 8.59. The molecule has 1 aromatic carbocycles. The van der Waals surface area contributed by atoms with Crippen molar-refractivity contribution < 1.29 is 9.90 Å². The van der Waals surface area contributed by atoms with Gasteiger partial charge in [0.15, 0.2) is 0 Å². The molecule has 0 amide bonds. The molecular weight excluding hydrogens is 226 g/mol. The molecule has 3 nitrogen and oxygen atoms in total. The van der Waals surface area contributed by atoms with Crippen molar-refractivity contribution in [3.8, 4) is 0 Å². The van der Waals surface area contributed by atoms with Crippen molar-refractivity contribution in [2.45, 2.75) is 32.2 Å². The molecule has 0 aromatic heterocycles. The number of hydrogen-bond acceptors (Lipinski definition) is 2. The summed E-state index contributed by atoms with van der Waals surface area (Å²) in [7, 11) is 0. The van der Waals surface area contributed by atoms with Gasteiger partial charge in [0.05, 0.1) is 0 Å². The van der Waals surface area contributed by atoms with Gasteiger partial charge in [-0.25, -0.2) is 4.79 Å². The van der Waals surface area contributed by atoms with Gasteiger partial charge in [0.1, 0.15) is 5.54 Å². The van der Waals surface area contributed by atoms with E-state index in [1.807, 2.05) is 37.3 Å². The molecule has 0 spiro atoms. The second-order valence-electron chi connectivity index (χ2n) is 5.30. The molecule has 1 heterocycles. The van der Waals surface area contributed by atoms with Crippen molar-refractivity contribution >= 4 is 5.97 Å². The van der Waals surface area contributed by atoms with E-state index in [1.165, 1.54) is 12.8 Å². The summed E-state index contributed by atoms with van der Waals surface area (Å²) in [6.45, 7) is 5.78. The van der Waals surface area contributed by atoms with Gasteiger partial charge < -0.3 is 5.11 Å². The highest BCUT2D eigenvalue weighted by Crippen LogP contribution is 2.36. The molecule has 0 bridgehead atoms. The molecule has 3 heteroatoms. The summed E-state index contributed by atoms with van der Waals surface area (Å²) >= 11 is 0. The van der Waals surface area contributed by atoms with E-state index < -0.39 is 11.5 Å². The number of rotatable bonds is 5. The summed E-state index contributed by atoms with van der Waals surface area (Å²) in [5, 5.41) is 9.60. The van der Waals surface area contributed by atoms with Crippen LogP contribution >= 0.6 is 0 Å². The zero-order valence-corrected chi connectivity index (χ0v) is 11.1. The Bertz CT molecular complexity index is 412. The average molecular weight is 247 g/mol. The second-order valence-corrected chi connectivity index (χ2v) is 5.30. The summed E-state index contributed by atoms with van der Waals surface area (Å²) < 4.78 is 0. The Kier molecular flexibility index (Phi) is 3.71. The Hall–Kier alpha value is -1.35. The zero-order chi connectivity index (χ0) is 13.2. The molecule has 1 aliphatic rings. The van der Waals surface area contributed by atoms with Crippen LogP contribution < -0.4 is 0 Å². The first-order valence-electron chi connectivity index (χ1n) is 6.63. The number of likely N-dealkylation sites (tertiary alicyclic amines) is 1. The van der Waals surface area contributed by atoms with Gasteiger partial charge in [-0.1, -0.05) is 43.7 Å². The van der Waals surface area contributed by atoms with Crippen molar-refractivity contribution in [3.63, 3.8) is 0 Å². The lowest BCUT2D eigenvalue weighted by Crippen LogP contribution is -2.60. The number of carboxylic acid groups (broad SMARTS) is 1. The fraction of sp³-hybridized carbons (Fsp3) is 0.533. The molecule has 0 aliphatic carbocycles. The Balaban J connectivity index is 2.17. The van der Waals surface area contributed by atoms with E-state index in [0.29, 0.717) is 5.92 Å². The lowest BCUT2D eigenvalue weighted by molar-refractivity contribution is -0.157. The molecule has 1 N–H and O–H groups in total. The minimum absolute atomic E-state index is 0.664. The summed E-state index contributed by atoms with van der Waals surface area (Å²) in [5.74, 6) is -0.0963. The average Bonchev–Trinajstić information content (AvgIpc) is 2.33. The van der Waals surface area contributed by atoms with Crippen LogP contribution in [0.2, 0.25) is 0 Å².